The molecule has 18 heavy (non-hydrogen) atoms. The van der Waals surface area contributed by atoms with Gasteiger partial charge >= 0.3 is 8.25 Å². The van der Waals surface area contributed by atoms with E-state index in [1.165, 1.54) is 32.1 Å². The first-order chi connectivity index (χ1) is 8.74. The van der Waals surface area contributed by atoms with Crippen LogP contribution in [0, 0.1) is 0 Å². The molecule has 0 spiro atoms. The van der Waals surface area contributed by atoms with E-state index in [1.807, 2.05) is 18.2 Å². The number of aryl methyl sites for hydroxylation is 1. The standard InChI is InChI=1S/C14H21O3P/c1-2-3-4-5-6-7-10-13-11-8-9-12-14(13)17-18(15)16/h8-9,11-12H,2-7,10H2,1H3/p+1. The van der Waals surface area contributed by atoms with E-state index in [-0.39, 0.29) is 0 Å². The molecule has 100 valence electrons. The first-order valence-electron chi connectivity index (χ1n) is 6.66. The molecule has 0 saturated heterocycles. The van der Waals surface area contributed by atoms with Gasteiger partial charge in [-0.2, -0.15) is 0 Å². The SMILES string of the molecule is CCCCCCCCc1ccccc1O[P+](=O)O. The second-order valence-corrected chi connectivity index (χ2v) is 5.11. The lowest BCUT2D eigenvalue weighted by molar-refractivity contribution is 0.408. The van der Waals surface area contributed by atoms with Crippen LogP contribution < -0.4 is 4.52 Å². The maximum absolute atomic E-state index is 10.7. The van der Waals surface area contributed by atoms with Crippen LogP contribution in [-0.2, 0) is 11.0 Å². The monoisotopic (exact) mass is 269 g/mol. The van der Waals surface area contributed by atoms with E-state index in [0.717, 1.165) is 18.4 Å². The van der Waals surface area contributed by atoms with Gasteiger partial charge in [-0.3, -0.25) is 0 Å². The highest BCUT2D eigenvalue weighted by atomic mass is 31.1. The third kappa shape index (κ3) is 6.13. The first kappa shape index (κ1) is 15.1. The number of hydrogen-bond acceptors (Lipinski definition) is 2. The van der Waals surface area contributed by atoms with Gasteiger partial charge in [-0.25, -0.2) is 4.52 Å². The van der Waals surface area contributed by atoms with Gasteiger partial charge in [-0.05, 0) is 18.9 Å². The minimum absolute atomic E-state index is 0.537. The molecule has 1 aromatic rings. The Labute approximate surface area is 110 Å². The van der Waals surface area contributed by atoms with Crippen LogP contribution in [0.4, 0.5) is 0 Å². The van der Waals surface area contributed by atoms with Gasteiger partial charge < -0.3 is 0 Å². The van der Waals surface area contributed by atoms with E-state index in [4.69, 9.17) is 9.42 Å². The highest BCUT2D eigenvalue weighted by Crippen LogP contribution is 2.27. The Morgan fingerprint density at radius 3 is 2.50 bits per heavy atom. The molecule has 1 N–H and O–H groups in total. The van der Waals surface area contributed by atoms with Crippen LogP contribution in [0.15, 0.2) is 24.3 Å². The topological polar surface area (TPSA) is 46.5 Å². The Morgan fingerprint density at radius 1 is 1.11 bits per heavy atom. The zero-order valence-electron chi connectivity index (χ0n) is 11.0. The van der Waals surface area contributed by atoms with E-state index >= 15 is 0 Å². The van der Waals surface area contributed by atoms with Crippen LogP contribution in [0.5, 0.6) is 5.75 Å². The van der Waals surface area contributed by atoms with Gasteiger partial charge in [0.1, 0.15) is 0 Å². The van der Waals surface area contributed by atoms with Crippen LogP contribution in [-0.4, -0.2) is 4.89 Å². The molecule has 1 unspecified atom stereocenters. The minimum atomic E-state index is -2.57. The molecule has 3 nitrogen and oxygen atoms in total. The predicted molar refractivity (Wildman–Crippen MR) is 74.0 cm³/mol. The van der Waals surface area contributed by atoms with E-state index in [1.54, 1.807) is 6.07 Å². The number of rotatable bonds is 9. The molecule has 0 radical (unpaired) electrons. The zero-order valence-corrected chi connectivity index (χ0v) is 11.9. The smallest absolute Gasteiger partial charge is 0.229 e. The molecule has 0 aliphatic rings. The summed E-state index contributed by atoms with van der Waals surface area (Å²) in [6, 6.07) is 7.46. The molecule has 0 fully saturated rings. The van der Waals surface area contributed by atoms with Gasteiger partial charge in [0, 0.05) is 10.1 Å². The summed E-state index contributed by atoms with van der Waals surface area (Å²) in [7, 11) is -2.57. The lowest BCUT2D eigenvalue weighted by atomic mass is 10.0. The molecule has 0 heterocycles. The van der Waals surface area contributed by atoms with Crippen molar-refractivity contribution in [3.8, 4) is 5.75 Å². The Hall–Kier alpha value is -0.920. The summed E-state index contributed by atoms with van der Waals surface area (Å²) in [6.07, 6.45) is 8.37. The van der Waals surface area contributed by atoms with E-state index in [9.17, 15) is 4.57 Å². The van der Waals surface area contributed by atoms with Gasteiger partial charge in [0.05, 0.1) is 0 Å². The molecular formula is C14H22O3P+. The van der Waals surface area contributed by atoms with Gasteiger partial charge in [0.2, 0.25) is 0 Å². The Morgan fingerprint density at radius 2 is 1.78 bits per heavy atom. The zero-order chi connectivity index (χ0) is 13.2. The molecule has 0 bridgehead atoms. The van der Waals surface area contributed by atoms with Crippen molar-refractivity contribution >= 4 is 8.25 Å². The van der Waals surface area contributed by atoms with Crippen molar-refractivity contribution in [3.63, 3.8) is 0 Å². The van der Waals surface area contributed by atoms with Crippen molar-refractivity contribution in [2.24, 2.45) is 0 Å². The molecular weight excluding hydrogens is 247 g/mol. The quantitative estimate of drug-likeness (QED) is 0.525. The molecule has 4 heteroatoms. The number of hydrogen-bond donors (Lipinski definition) is 1. The normalized spacial score (nSPS) is 11.3. The van der Waals surface area contributed by atoms with Crippen molar-refractivity contribution in [1.82, 2.24) is 0 Å². The average molecular weight is 269 g/mol. The molecule has 0 aliphatic heterocycles. The summed E-state index contributed by atoms with van der Waals surface area (Å²) in [5, 5.41) is 0. The number of unbranched alkanes of at least 4 members (excludes halogenated alkanes) is 5. The highest BCUT2D eigenvalue weighted by Gasteiger charge is 2.16. The fourth-order valence-electron chi connectivity index (χ4n) is 1.98. The van der Waals surface area contributed by atoms with Crippen molar-refractivity contribution in [1.29, 1.82) is 0 Å². The fraction of sp³-hybridized carbons (Fsp3) is 0.571. The summed E-state index contributed by atoms with van der Waals surface area (Å²) in [5.41, 5.74) is 1.02. The third-order valence-corrected chi connectivity index (χ3v) is 3.30. The summed E-state index contributed by atoms with van der Waals surface area (Å²) < 4.78 is 15.6. The Balaban J connectivity index is 2.34. The summed E-state index contributed by atoms with van der Waals surface area (Å²) in [4.78, 5) is 8.79. The van der Waals surface area contributed by atoms with Gasteiger partial charge in [0.25, 0.3) is 0 Å². The molecule has 0 aliphatic carbocycles. The summed E-state index contributed by atoms with van der Waals surface area (Å²) >= 11 is 0. The van der Waals surface area contributed by atoms with Crippen molar-refractivity contribution in [2.75, 3.05) is 0 Å². The van der Waals surface area contributed by atoms with Crippen LogP contribution in [0.25, 0.3) is 0 Å². The molecule has 1 aromatic carbocycles. The van der Waals surface area contributed by atoms with Crippen LogP contribution >= 0.6 is 8.25 Å². The number of benzene rings is 1. The lowest BCUT2D eigenvalue weighted by Crippen LogP contribution is -1.91. The average Bonchev–Trinajstić information content (AvgIpc) is 2.35. The largest absolute Gasteiger partial charge is 0.747 e. The first-order valence-corrected chi connectivity index (χ1v) is 7.79. The second kappa shape index (κ2) is 9.07. The maximum Gasteiger partial charge on any atom is 0.747 e. The van der Waals surface area contributed by atoms with Gasteiger partial charge in [-0.15, -0.1) is 4.89 Å². The molecule has 0 amide bonds. The Bertz CT molecular complexity index is 366. The van der Waals surface area contributed by atoms with Crippen molar-refractivity contribution < 1.29 is 14.0 Å². The highest BCUT2D eigenvalue weighted by molar-refractivity contribution is 7.32. The minimum Gasteiger partial charge on any atom is -0.229 e. The predicted octanol–water partition coefficient (Wildman–Crippen LogP) is 4.62. The van der Waals surface area contributed by atoms with E-state index in [2.05, 4.69) is 6.92 Å². The third-order valence-electron chi connectivity index (χ3n) is 2.95. The Kier molecular flexibility index (Phi) is 7.63. The molecule has 0 saturated carbocycles. The molecule has 0 aromatic heterocycles. The number of para-hydroxylation sites is 1. The summed E-state index contributed by atoms with van der Waals surface area (Å²) in [5.74, 6) is 0.537. The fourth-order valence-corrected chi connectivity index (χ4v) is 2.33. The second-order valence-electron chi connectivity index (χ2n) is 4.45. The van der Waals surface area contributed by atoms with Crippen molar-refractivity contribution in [2.45, 2.75) is 51.9 Å². The van der Waals surface area contributed by atoms with Crippen molar-refractivity contribution in [3.05, 3.63) is 29.8 Å². The van der Waals surface area contributed by atoms with Crippen LogP contribution in [0.3, 0.4) is 0 Å². The van der Waals surface area contributed by atoms with Crippen LogP contribution in [0.2, 0.25) is 0 Å². The maximum atomic E-state index is 10.7. The van der Waals surface area contributed by atoms with Gasteiger partial charge in [-0.1, -0.05) is 57.2 Å². The molecule has 1 atom stereocenters. The molecule has 1 rings (SSSR count). The summed E-state index contributed by atoms with van der Waals surface area (Å²) in [6.45, 7) is 2.21. The van der Waals surface area contributed by atoms with Crippen LogP contribution in [0.1, 0.15) is 51.0 Å². The van der Waals surface area contributed by atoms with E-state index < -0.39 is 8.25 Å². The van der Waals surface area contributed by atoms with Gasteiger partial charge in [0.15, 0.2) is 5.75 Å². The van der Waals surface area contributed by atoms with E-state index in [0.29, 0.717) is 5.75 Å². The lowest BCUT2D eigenvalue weighted by Gasteiger charge is -2.04.